The summed E-state index contributed by atoms with van der Waals surface area (Å²) < 4.78 is 72.5. The van der Waals surface area contributed by atoms with Gasteiger partial charge in [0, 0.05) is 24.7 Å². The average Bonchev–Trinajstić information content (AvgIpc) is 3.48. The second-order valence-electron chi connectivity index (χ2n) is 8.44. The number of hydrogen-bond acceptors (Lipinski definition) is 5. The van der Waals surface area contributed by atoms with Gasteiger partial charge in [-0.05, 0) is 44.4 Å². The van der Waals surface area contributed by atoms with Crippen molar-refractivity contribution in [1.29, 1.82) is 0 Å². The first-order valence-electron chi connectivity index (χ1n) is 10.8. The van der Waals surface area contributed by atoms with E-state index in [0.29, 0.717) is 31.5 Å². The quantitative estimate of drug-likeness (QED) is 0.399. The van der Waals surface area contributed by atoms with Crippen LogP contribution in [-0.4, -0.2) is 39.9 Å². The molecule has 12 heteroatoms. The molecule has 5 rings (SSSR count). The van der Waals surface area contributed by atoms with Crippen LogP contribution in [-0.2, 0) is 11.3 Å². The standard InChI is InChI=1S/C22H21ClF5N5O/c1-11-15(7-8-16(29-11)30-12-3-4-12)32-9-2-10-33-18-13(19(22(26,27)28)34-20(24)25)5-6-14(23)17(18)31-21(32)33/h5-8,12,19-20H,2-4,9-10H2,1H3,(H,29,30). The summed E-state index contributed by atoms with van der Waals surface area (Å²) >= 11 is 6.29. The number of imidazole rings is 1. The lowest BCUT2D eigenvalue weighted by Crippen LogP contribution is -2.30. The number of fused-ring (bicyclic) bond motifs is 3. The molecule has 182 valence electrons. The van der Waals surface area contributed by atoms with E-state index in [0.717, 1.165) is 36.1 Å². The first kappa shape index (κ1) is 23.1. The Hall–Kier alpha value is -2.66. The Morgan fingerprint density at radius 2 is 1.88 bits per heavy atom. The molecule has 0 radical (unpaired) electrons. The van der Waals surface area contributed by atoms with Gasteiger partial charge in [0.15, 0.2) is 6.10 Å². The van der Waals surface area contributed by atoms with Gasteiger partial charge in [0.05, 0.1) is 21.9 Å². The number of ether oxygens (including phenoxy) is 1. The molecule has 3 heterocycles. The summed E-state index contributed by atoms with van der Waals surface area (Å²) in [7, 11) is 0. The Morgan fingerprint density at radius 1 is 1.12 bits per heavy atom. The van der Waals surface area contributed by atoms with E-state index in [-0.39, 0.29) is 16.1 Å². The zero-order valence-electron chi connectivity index (χ0n) is 18.0. The van der Waals surface area contributed by atoms with Gasteiger partial charge in [0.2, 0.25) is 5.95 Å². The monoisotopic (exact) mass is 501 g/mol. The molecule has 0 spiro atoms. The highest BCUT2D eigenvalue weighted by Crippen LogP contribution is 2.44. The molecule has 0 bridgehead atoms. The van der Waals surface area contributed by atoms with E-state index >= 15 is 0 Å². The van der Waals surface area contributed by atoms with Crippen molar-refractivity contribution in [2.75, 3.05) is 16.8 Å². The molecule has 1 aliphatic carbocycles. The molecule has 34 heavy (non-hydrogen) atoms. The number of aryl methyl sites for hydroxylation is 2. The molecule has 1 N–H and O–H groups in total. The normalized spacial score (nSPS) is 17.4. The fraction of sp³-hybridized carbons (Fsp3) is 0.455. The minimum Gasteiger partial charge on any atom is -0.367 e. The molecular formula is C22H21ClF5N5O. The molecule has 3 aromatic rings. The van der Waals surface area contributed by atoms with E-state index in [1.807, 2.05) is 24.0 Å². The Balaban J connectivity index is 1.62. The third-order valence-electron chi connectivity index (χ3n) is 5.96. The highest BCUT2D eigenvalue weighted by Gasteiger charge is 2.45. The van der Waals surface area contributed by atoms with Gasteiger partial charge in [0.25, 0.3) is 0 Å². The van der Waals surface area contributed by atoms with Crippen molar-refractivity contribution in [1.82, 2.24) is 14.5 Å². The molecule has 2 aliphatic rings. The van der Waals surface area contributed by atoms with Crippen molar-refractivity contribution >= 4 is 40.1 Å². The third kappa shape index (κ3) is 4.26. The fourth-order valence-corrected chi connectivity index (χ4v) is 4.55. The lowest BCUT2D eigenvalue weighted by molar-refractivity contribution is -0.276. The number of aromatic nitrogens is 3. The van der Waals surface area contributed by atoms with Gasteiger partial charge in [-0.25, -0.2) is 9.97 Å². The van der Waals surface area contributed by atoms with Crippen molar-refractivity contribution in [2.45, 2.75) is 57.7 Å². The Labute approximate surface area is 196 Å². The van der Waals surface area contributed by atoms with Gasteiger partial charge in [-0.15, -0.1) is 0 Å². The van der Waals surface area contributed by atoms with E-state index in [1.165, 1.54) is 6.07 Å². The number of anilines is 3. The second-order valence-corrected chi connectivity index (χ2v) is 8.85. The number of pyridine rings is 1. The van der Waals surface area contributed by atoms with Gasteiger partial charge < -0.3 is 19.5 Å². The van der Waals surface area contributed by atoms with E-state index in [9.17, 15) is 22.0 Å². The maximum Gasteiger partial charge on any atom is 0.419 e. The van der Waals surface area contributed by atoms with Gasteiger partial charge in [-0.1, -0.05) is 17.7 Å². The number of hydrogen-bond donors (Lipinski definition) is 1. The van der Waals surface area contributed by atoms with Gasteiger partial charge in [0.1, 0.15) is 11.3 Å². The highest BCUT2D eigenvalue weighted by atomic mass is 35.5. The lowest BCUT2D eigenvalue weighted by atomic mass is 10.1. The number of rotatable bonds is 6. The molecule has 0 amide bonds. The zero-order valence-corrected chi connectivity index (χ0v) is 18.8. The molecule has 1 aliphatic heterocycles. The summed E-state index contributed by atoms with van der Waals surface area (Å²) in [5.41, 5.74) is 1.17. The molecule has 1 atom stereocenters. The third-order valence-corrected chi connectivity index (χ3v) is 6.26. The predicted molar refractivity (Wildman–Crippen MR) is 118 cm³/mol. The molecule has 1 saturated carbocycles. The van der Waals surface area contributed by atoms with Crippen LogP contribution in [0.4, 0.5) is 39.4 Å². The summed E-state index contributed by atoms with van der Waals surface area (Å²) in [4.78, 5) is 11.0. The van der Waals surface area contributed by atoms with Crippen LogP contribution in [0.2, 0.25) is 5.02 Å². The van der Waals surface area contributed by atoms with Crippen LogP contribution < -0.4 is 10.2 Å². The number of alkyl halides is 5. The Morgan fingerprint density at radius 3 is 2.53 bits per heavy atom. The SMILES string of the molecule is Cc1nc(NC2CC2)ccc1N1CCCn2c1nc1c(Cl)ccc(C(OC(F)F)C(F)(F)F)c12. The molecule has 2 aromatic heterocycles. The minimum atomic E-state index is -5.05. The smallest absolute Gasteiger partial charge is 0.367 e. The van der Waals surface area contributed by atoms with Crippen molar-refractivity contribution in [3.05, 3.63) is 40.5 Å². The Kier molecular flexibility index (Phi) is 5.79. The van der Waals surface area contributed by atoms with Gasteiger partial charge in [-0.3, -0.25) is 0 Å². The van der Waals surface area contributed by atoms with E-state index < -0.39 is 24.5 Å². The van der Waals surface area contributed by atoms with Crippen molar-refractivity contribution in [3.8, 4) is 0 Å². The van der Waals surface area contributed by atoms with Crippen LogP contribution in [0.5, 0.6) is 0 Å². The first-order chi connectivity index (χ1) is 16.1. The van der Waals surface area contributed by atoms with E-state index in [1.54, 1.807) is 4.57 Å². The van der Waals surface area contributed by atoms with Crippen LogP contribution >= 0.6 is 11.6 Å². The molecule has 1 aromatic carbocycles. The van der Waals surface area contributed by atoms with Gasteiger partial charge in [-0.2, -0.15) is 22.0 Å². The minimum absolute atomic E-state index is 0.0350. The maximum atomic E-state index is 13.7. The molecule has 0 saturated heterocycles. The second kappa shape index (κ2) is 8.53. The van der Waals surface area contributed by atoms with Crippen LogP contribution in [0.3, 0.4) is 0 Å². The molecule has 1 fully saturated rings. The average molecular weight is 502 g/mol. The number of nitrogens with one attached hydrogen (secondary N) is 1. The first-order valence-corrected chi connectivity index (χ1v) is 11.2. The number of benzene rings is 1. The Bertz CT molecular complexity index is 1230. The van der Waals surface area contributed by atoms with Crippen LogP contribution in [0.15, 0.2) is 24.3 Å². The summed E-state index contributed by atoms with van der Waals surface area (Å²) in [6.07, 6.45) is -5.06. The largest absolute Gasteiger partial charge is 0.419 e. The zero-order chi connectivity index (χ0) is 24.2. The van der Waals surface area contributed by atoms with Gasteiger partial charge >= 0.3 is 12.8 Å². The highest BCUT2D eigenvalue weighted by molar-refractivity contribution is 6.35. The lowest BCUT2D eigenvalue weighted by Gasteiger charge is -2.30. The fourth-order valence-electron chi connectivity index (χ4n) is 4.35. The summed E-state index contributed by atoms with van der Waals surface area (Å²) in [5.74, 6) is 1.14. The van der Waals surface area contributed by atoms with Crippen molar-refractivity contribution in [3.63, 3.8) is 0 Å². The van der Waals surface area contributed by atoms with Crippen LogP contribution in [0.1, 0.15) is 36.6 Å². The molecule has 6 nitrogen and oxygen atoms in total. The number of halogens is 6. The number of nitrogens with zero attached hydrogens (tertiary/aromatic N) is 4. The molecule has 1 unspecified atom stereocenters. The summed E-state index contributed by atoms with van der Waals surface area (Å²) in [6.45, 7) is -0.842. The van der Waals surface area contributed by atoms with E-state index in [4.69, 9.17) is 11.6 Å². The van der Waals surface area contributed by atoms with Crippen LogP contribution in [0, 0.1) is 6.92 Å². The topological polar surface area (TPSA) is 55.2 Å². The van der Waals surface area contributed by atoms with E-state index in [2.05, 4.69) is 20.0 Å². The molecular weight excluding hydrogens is 481 g/mol. The van der Waals surface area contributed by atoms with Crippen LogP contribution in [0.25, 0.3) is 11.0 Å². The maximum absolute atomic E-state index is 13.7. The van der Waals surface area contributed by atoms with Crippen molar-refractivity contribution < 1.29 is 26.7 Å². The summed E-state index contributed by atoms with van der Waals surface area (Å²) in [6, 6.07) is 6.49. The van der Waals surface area contributed by atoms with Crippen molar-refractivity contribution in [2.24, 2.45) is 0 Å². The summed E-state index contributed by atoms with van der Waals surface area (Å²) in [5, 5.41) is 3.46. The predicted octanol–water partition coefficient (Wildman–Crippen LogP) is 6.35.